The molecule has 1 fully saturated rings. The molecule has 1 aromatic carbocycles. The zero-order valence-electron chi connectivity index (χ0n) is 14.7. The van der Waals surface area contributed by atoms with Gasteiger partial charge in [0.25, 0.3) is 0 Å². The Morgan fingerprint density at radius 2 is 1.84 bits per heavy atom. The van der Waals surface area contributed by atoms with Crippen molar-refractivity contribution in [2.45, 2.75) is 6.54 Å². The molecule has 0 aromatic heterocycles. The second-order valence-electron chi connectivity index (χ2n) is 6.06. The number of nitrogens with one attached hydrogen (secondary N) is 2. The number of carbonyl (C=O) groups is 1. The van der Waals surface area contributed by atoms with Gasteiger partial charge >= 0.3 is 6.03 Å². The maximum atomic E-state index is 11.8. The van der Waals surface area contributed by atoms with Crippen molar-refractivity contribution in [3.05, 3.63) is 29.8 Å². The molecule has 0 saturated carbocycles. The van der Waals surface area contributed by atoms with Gasteiger partial charge in [-0.15, -0.1) is 0 Å². The number of hydrogen-bond acceptors (Lipinski definition) is 5. The summed E-state index contributed by atoms with van der Waals surface area (Å²) in [4.78, 5) is 14.1. The fourth-order valence-corrected chi connectivity index (χ4v) is 3.09. The van der Waals surface area contributed by atoms with Crippen LogP contribution in [0.2, 0.25) is 0 Å². The minimum Gasteiger partial charge on any atom is -0.379 e. The smallest absolute Gasteiger partial charge is 0.319 e. The van der Waals surface area contributed by atoms with E-state index in [0.717, 1.165) is 37.2 Å². The Balaban J connectivity index is 1.75. The first kappa shape index (κ1) is 19.6. The quantitative estimate of drug-likeness (QED) is 0.731. The Kier molecular flexibility index (Phi) is 7.18. The van der Waals surface area contributed by atoms with Crippen molar-refractivity contribution >= 4 is 21.7 Å². The molecule has 0 atom stereocenters. The summed E-state index contributed by atoms with van der Waals surface area (Å²) in [7, 11) is -0.377. The average Bonchev–Trinajstić information content (AvgIpc) is 2.57. The van der Waals surface area contributed by atoms with E-state index in [9.17, 15) is 13.2 Å². The standard InChI is InChI=1S/C16H26N4O4S/c1-19(2)25(22,23)12-7-17-16(21)18-15-5-3-14(4-6-15)13-20-8-10-24-11-9-20/h3-6H,7-13H2,1-2H3,(H2,17,18,21). The number of anilines is 1. The second-order valence-corrected chi connectivity index (χ2v) is 8.37. The molecule has 1 heterocycles. The number of rotatable bonds is 7. The van der Waals surface area contributed by atoms with E-state index < -0.39 is 16.1 Å². The second kappa shape index (κ2) is 9.14. The van der Waals surface area contributed by atoms with Crippen molar-refractivity contribution in [2.75, 3.05) is 58.0 Å². The van der Waals surface area contributed by atoms with Crippen molar-refractivity contribution in [1.29, 1.82) is 0 Å². The predicted molar refractivity (Wildman–Crippen MR) is 97.0 cm³/mol. The van der Waals surface area contributed by atoms with Crippen molar-refractivity contribution in [1.82, 2.24) is 14.5 Å². The van der Waals surface area contributed by atoms with Crippen molar-refractivity contribution in [2.24, 2.45) is 0 Å². The van der Waals surface area contributed by atoms with Gasteiger partial charge in [0.05, 0.1) is 19.0 Å². The third-order valence-corrected chi connectivity index (χ3v) is 5.76. The first-order valence-corrected chi connectivity index (χ1v) is 9.82. The zero-order chi connectivity index (χ0) is 18.3. The van der Waals surface area contributed by atoms with Gasteiger partial charge in [-0.1, -0.05) is 12.1 Å². The van der Waals surface area contributed by atoms with Gasteiger partial charge in [0.2, 0.25) is 10.0 Å². The van der Waals surface area contributed by atoms with Gasteiger partial charge in [-0.25, -0.2) is 17.5 Å². The predicted octanol–water partition coefficient (Wildman–Crippen LogP) is 0.532. The summed E-state index contributed by atoms with van der Waals surface area (Å²) in [5.41, 5.74) is 1.84. The summed E-state index contributed by atoms with van der Waals surface area (Å²) < 4.78 is 29.7. The van der Waals surface area contributed by atoms with Crippen LogP contribution in [0.1, 0.15) is 5.56 Å². The number of nitrogens with zero attached hydrogens (tertiary/aromatic N) is 2. The molecule has 0 bridgehead atoms. The Morgan fingerprint density at radius 3 is 2.44 bits per heavy atom. The van der Waals surface area contributed by atoms with Crippen LogP contribution in [0.15, 0.2) is 24.3 Å². The molecule has 1 saturated heterocycles. The molecule has 0 radical (unpaired) electrons. The molecule has 2 amide bonds. The van der Waals surface area contributed by atoms with Crippen LogP contribution in [0.4, 0.5) is 10.5 Å². The van der Waals surface area contributed by atoms with Gasteiger partial charge < -0.3 is 15.4 Å². The van der Waals surface area contributed by atoms with E-state index in [1.165, 1.54) is 19.7 Å². The summed E-state index contributed by atoms with van der Waals surface area (Å²) >= 11 is 0. The molecule has 0 spiro atoms. The first-order chi connectivity index (χ1) is 11.9. The molecule has 9 heteroatoms. The molecule has 8 nitrogen and oxygen atoms in total. The third kappa shape index (κ3) is 6.62. The minimum absolute atomic E-state index is 0.0570. The van der Waals surface area contributed by atoms with Crippen LogP contribution in [0.3, 0.4) is 0 Å². The molecule has 0 aliphatic carbocycles. The number of sulfonamides is 1. The van der Waals surface area contributed by atoms with Gasteiger partial charge in [-0.2, -0.15) is 0 Å². The molecule has 1 aromatic rings. The van der Waals surface area contributed by atoms with Crippen LogP contribution in [0.25, 0.3) is 0 Å². The Morgan fingerprint density at radius 1 is 1.20 bits per heavy atom. The number of amides is 2. The minimum atomic E-state index is -3.31. The number of benzene rings is 1. The van der Waals surface area contributed by atoms with E-state index in [-0.39, 0.29) is 12.3 Å². The summed E-state index contributed by atoms with van der Waals surface area (Å²) in [5, 5.41) is 5.24. The van der Waals surface area contributed by atoms with Crippen LogP contribution in [0, 0.1) is 0 Å². The Bertz CT molecular complexity index is 655. The highest BCUT2D eigenvalue weighted by Gasteiger charge is 2.14. The summed E-state index contributed by atoms with van der Waals surface area (Å²) in [6.45, 7) is 4.31. The molecule has 1 aliphatic heterocycles. The normalized spacial score (nSPS) is 16.0. The first-order valence-electron chi connectivity index (χ1n) is 8.21. The van der Waals surface area contributed by atoms with E-state index in [4.69, 9.17) is 4.74 Å². The van der Waals surface area contributed by atoms with Gasteiger partial charge in [-0.3, -0.25) is 4.90 Å². The summed E-state index contributed by atoms with van der Waals surface area (Å²) in [6, 6.07) is 7.20. The number of carbonyl (C=O) groups excluding carboxylic acids is 1. The lowest BCUT2D eigenvalue weighted by atomic mass is 10.2. The lowest BCUT2D eigenvalue weighted by molar-refractivity contribution is 0.0342. The molecule has 0 unspecified atom stereocenters. The Hall–Kier alpha value is -1.68. The lowest BCUT2D eigenvalue weighted by Gasteiger charge is -2.26. The van der Waals surface area contributed by atoms with Crippen LogP contribution >= 0.6 is 0 Å². The monoisotopic (exact) mass is 370 g/mol. The van der Waals surface area contributed by atoms with E-state index in [1.807, 2.05) is 24.3 Å². The maximum Gasteiger partial charge on any atom is 0.319 e. The highest BCUT2D eigenvalue weighted by atomic mass is 32.2. The van der Waals surface area contributed by atoms with Crippen LogP contribution in [-0.2, 0) is 21.3 Å². The summed E-state index contributed by atoms with van der Waals surface area (Å²) in [5.74, 6) is -0.133. The number of morpholine rings is 1. The highest BCUT2D eigenvalue weighted by Crippen LogP contribution is 2.12. The van der Waals surface area contributed by atoms with Gasteiger partial charge in [0.1, 0.15) is 0 Å². The number of hydrogen-bond donors (Lipinski definition) is 2. The van der Waals surface area contributed by atoms with Gasteiger partial charge in [0, 0.05) is 46.0 Å². The molecule has 2 rings (SSSR count). The number of urea groups is 1. The molecule has 25 heavy (non-hydrogen) atoms. The van der Waals surface area contributed by atoms with Crippen LogP contribution in [0.5, 0.6) is 0 Å². The number of ether oxygens (including phenoxy) is 1. The van der Waals surface area contributed by atoms with Crippen molar-refractivity contribution in [3.8, 4) is 0 Å². The molecule has 1 aliphatic rings. The molecular formula is C16H26N4O4S. The average molecular weight is 370 g/mol. The van der Waals surface area contributed by atoms with Crippen molar-refractivity contribution < 1.29 is 17.9 Å². The van der Waals surface area contributed by atoms with Gasteiger partial charge in [-0.05, 0) is 17.7 Å². The van der Waals surface area contributed by atoms with Gasteiger partial charge in [0.15, 0.2) is 0 Å². The van der Waals surface area contributed by atoms with E-state index in [1.54, 1.807) is 0 Å². The van der Waals surface area contributed by atoms with Crippen LogP contribution in [-0.4, -0.2) is 76.4 Å². The van der Waals surface area contributed by atoms with Crippen LogP contribution < -0.4 is 10.6 Å². The van der Waals surface area contributed by atoms with E-state index in [0.29, 0.717) is 5.69 Å². The molecule has 140 valence electrons. The largest absolute Gasteiger partial charge is 0.379 e. The lowest BCUT2D eigenvalue weighted by Crippen LogP contribution is -2.36. The topological polar surface area (TPSA) is 91.0 Å². The molecular weight excluding hydrogens is 344 g/mol. The summed E-state index contributed by atoms with van der Waals surface area (Å²) in [6.07, 6.45) is 0. The fraction of sp³-hybridized carbons (Fsp3) is 0.562. The zero-order valence-corrected chi connectivity index (χ0v) is 15.5. The van der Waals surface area contributed by atoms with E-state index in [2.05, 4.69) is 15.5 Å². The Labute approximate surface area is 149 Å². The third-order valence-electron chi connectivity index (χ3n) is 3.92. The highest BCUT2D eigenvalue weighted by molar-refractivity contribution is 7.89. The molecule has 2 N–H and O–H groups in total. The van der Waals surface area contributed by atoms with E-state index >= 15 is 0 Å². The SMILES string of the molecule is CN(C)S(=O)(=O)CCNC(=O)Nc1ccc(CN2CCOCC2)cc1. The fourth-order valence-electron chi connectivity index (χ4n) is 2.36. The van der Waals surface area contributed by atoms with Crippen molar-refractivity contribution in [3.63, 3.8) is 0 Å². The maximum absolute atomic E-state index is 11.8.